The number of hydrogen-bond donors (Lipinski definition) is 2. The monoisotopic (exact) mass is 947 g/mol. The van der Waals surface area contributed by atoms with Crippen LogP contribution in [-0.4, -0.2) is 148 Å². The number of thioether (sulfide) groups is 1. The van der Waals surface area contributed by atoms with Crippen LogP contribution in [0.3, 0.4) is 0 Å². The number of piperidine rings is 3. The van der Waals surface area contributed by atoms with Gasteiger partial charge in [-0.3, -0.25) is 39.2 Å². The summed E-state index contributed by atoms with van der Waals surface area (Å²) in [4.78, 5) is 79.1. The molecule has 0 bridgehead atoms. The van der Waals surface area contributed by atoms with Crippen LogP contribution in [0.5, 0.6) is 0 Å². The van der Waals surface area contributed by atoms with Crippen molar-refractivity contribution in [2.75, 3.05) is 76.1 Å². The number of anilines is 1. The minimum Gasteiger partial charge on any atom is -0.355 e. The first-order valence-electron chi connectivity index (χ1n) is 25.4. The van der Waals surface area contributed by atoms with Gasteiger partial charge in [-0.15, -0.1) is 22.0 Å². The fraction of sp³-hybridized carbons (Fsp3) is 0.577. The molecule has 7 heterocycles. The number of piperazine rings is 1. The molecule has 68 heavy (non-hydrogen) atoms. The van der Waals surface area contributed by atoms with Gasteiger partial charge in [0.15, 0.2) is 11.5 Å². The van der Waals surface area contributed by atoms with Crippen LogP contribution in [0, 0.1) is 5.92 Å². The minimum absolute atomic E-state index is 0.0260. The van der Waals surface area contributed by atoms with Crippen LogP contribution >= 0.6 is 11.8 Å². The number of carbonyl (C=O) groups excluding carboxylic acids is 5. The number of fused-ring (bicyclic) bond motifs is 1. The van der Waals surface area contributed by atoms with E-state index in [2.05, 4.69) is 46.6 Å². The molecular formula is C52H70N10O5S. The van der Waals surface area contributed by atoms with Crippen molar-refractivity contribution in [3.63, 3.8) is 0 Å². The number of nitrogens with one attached hydrogen (secondary N) is 2. The van der Waals surface area contributed by atoms with Crippen molar-refractivity contribution in [1.82, 2.24) is 45.4 Å². The standard InChI is InChI=1S/C52H70N10O5S/c63-48(19-15-40-12-10-25-53-37-40)54-26-6-5-11-39-21-28-61(29-22-39)52(67)44-16-18-47(57-56-44)60-30-23-41(24-31-60)59-34-32-58(33-35-59)27-7-3-1-2-4-8-36-68-46-14-9-13-42-43(46)38-62(51(42)66)45-17-20-49(64)55-50(45)65/h9-10,12-16,18-19,25,37,39,41,45H,1-8,11,17,20-24,26-36,38H2,(H,54,63)(H,55,64,65)/b19-15+. The predicted molar refractivity (Wildman–Crippen MR) is 265 cm³/mol. The molecule has 0 saturated carbocycles. The van der Waals surface area contributed by atoms with Crippen molar-refractivity contribution in [1.29, 1.82) is 0 Å². The maximum atomic E-state index is 13.3. The Kier molecular flexibility index (Phi) is 18.0. The summed E-state index contributed by atoms with van der Waals surface area (Å²) in [5, 5.41) is 14.3. The van der Waals surface area contributed by atoms with Crippen LogP contribution in [0.25, 0.3) is 6.08 Å². The topological polar surface area (TPSA) is 164 Å². The Morgan fingerprint density at radius 1 is 0.794 bits per heavy atom. The molecule has 364 valence electrons. The van der Waals surface area contributed by atoms with E-state index in [1.54, 1.807) is 29.4 Å². The van der Waals surface area contributed by atoms with Gasteiger partial charge >= 0.3 is 0 Å². The molecule has 1 atom stereocenters. The van der Waals surface area contributed by atoms with Crippen LogP contribution in [0.4, 0.5) is 5.82 Å². The van der Waals surface area contributed by atoms with Gasteiger partial charge in [-0.1, -0.05) is 50.7 Å². The molecular weight excluding hydrogens is 877 g/mol. The highest BCUT2D eigenvalue weighted by Gasteiger charge is 2.40. The Hall–Kier alpha value is -5.19. The first-order valence-corrected chi connectivity index (χ1v) is 26.4. The lowest BCUT2D eigenvalue weighted by molar-refractivity contribution is -0.137. The van der Waals surface area contributed by atoms with Gasteiger partial charge in [0.1, 0.15) is 6.04 Å². The van der Waals surface area contributed by atoms with Crippen molar-refractivity contribution in [3.05, 3.63) is 83.3 Å². The van der Waals surface area contributed by atoms with Crippen molar-refractivity contribution in [2.24, 2.45) is 5.92 Å². The molecule has 5 aliphatic rings. The van der Waals surface area contributed by atoms with Gasteiger partial charge in [0, 0.05) is 107 Å². The largest absolute Gasteiger partial charge is 0.355 e. The molecule has 2 N–H and O–H groups in total. The van der Waals surface area contributed by atoms with Gasteiger partial charge in [0.25, 0.3) is 11.8 Å². The predicted octanol–water partition coefficient (Wildman–Crippen LogP) is 6.20. The normalized spacial score (nSPS) is 20.0. The summed E-state index contributed by atoms with van der Waals surface area (Å²) < 4.78 is 0. The zero-order valence-corrected chi connectivity index (χ0v) is 40.5. The molecule has 5 amide bonds. The average molecular weight is 947 g/mol. The van der Waals surface area contributed by atoms with Gasteiger partial charge in [-0.25, -0.2) is 0 Å². The summed E-state index contributed by atoms with van der Waals surface area (Å²) in [5.74, 6) is 1.62. The zero-order valence-electron chi connectivity index (χ0n) is 39.7. The summed E-state index contributed by atoms with van der Waals surface area (Å²) in [6.07, 6.45) is 22.1. The van der Waals surface area contributed by atoms with Gasteiger partial charge in [0.2, 0.25) is 17.7 Å². The number of unbranched alkanes of at least 4 members (excludes halogenated alkanes) is 6. The molecule has 4 saturated heterocycles. The van der Waals surface area contributed by atoms with Gasteiger partial charge in [0.05, 0.1) is 0 Å². The van der Waals surface area contributed by atoms with Crippen LogP contribution in [-0.2, 0) is 20.9 Å². The van der Waals surface area contributed by atoms with E-state index in [1.807, 2.05) is 53.1 Å². The van der Waals surface area contributed by atoms with E-state index in [-0.39, 0.29) is 36.0 Å². The SMILES string of the molecule is O=C(/C=C/c1cccnc1)NCCCCC1CCN(C(=O)c2ccc(N3CCC(N4CCN(CCCCCCCCSc5cccc6c5CN(C5CCC(=O)NC5=O)C6=O)CC4)CC3)nn2)CC1. The third-order valence-electron chi connectivity index (χ3n) is 14.6. The Morgan fingerprint density at radius 2 is 1.59 bits per heavy atom. The first-order chi connectivity index (χ1) is 33.3. The summed E-state index contributed by atoms with van der Waals surface area (Å²) in [5.41, 5.74) is 3.03. The van der Waals surface area contributed by atoms with Crippen molar-refractivity contribution < 1.29 is 24.0 Å². The number of aromatic nitrogens is 3. The molecule has 4 fully saturated rings. The molecule has 3 aromatic rings. The lowest BCUT2D eigenvalue weighted by Gasteiger charge is -2.43. The molecule has 15 nitrogen and oxygen atoms in total. The molecule has 0 radical (unpaired) electrons. The Labute approximate surface area is 406 Å². The molecule has 16 heteroatoms. The lowest BCUT2D eigenvalue weighted by atomic mass is 9.91. The summed E-state index contributed by atoms with van der Waals surface area (Å²) in [6, 6.07) is 13.5. The highest BCUT2D eigenvalue weighted by molar-refractivity contribution is 7.99. The van der Waals surface area contributed by atoms with Gasteiger partial charge < -0.3 is 24.9 Å². The number of benzene rings is 1. The van der Waals surface area contributed by atoms with E-state index in [0.29, 0.717) is 42.7 Å². The van der Waals surface area contributed by atoms with Crippen LogP contribution in [0.2, 0.25) is 0 Å². The average Bonchev–Trinajstić information content (AvgIpc) is 3.71. The molecule has 2 aromatic heterocycles. The number of likely N-dealkylation sites (tertiary alicyclic amines) is 1. The number of rotatable bonds is 21. The molecule has 5 aliphatic heterocycles. The molecule has 0 aliphatic carbocycles. The summed E-state index contributed by atoms with van der Waals surface area (Å²) >= 11 is 1.81. The quantitative estimate of drug-likeness (QED) is 0.0539. The van der Waals surface area contributed by atoms with Crippen molar-refractivity contribution in [3.8, 4) is 0 Å². The van der Waals surface area contributed by atoms with Crippen LogP contribution in [0.1, 0.15) is 128 Å². The Morgan fingerprint density at radius 3 is 2.34 bits per heavy atom. The zero-order chi connectivity index (χ0) is 47.1. The Bertz CT molecular complexity index is 2190. The smallest absolute Gasteiger partial charge is 0.274 e. The van der Waals surface area contributed by atoms with Crippen molar-refractivity contribution in [2.45, 2.75) is 120 Å². The number of carbonyl (C=O) groups is 5. The van der Waals surface area contributed by atoms with E-state index >= 15 is 0 Å². The maximum Gasteiger partial charge on any atom is 0.274 e. The van der Waals surface area contributed by atoms with Gasteiger partial charge in [-0.05, 0) is 117 Å². The second kappa shape index (κ2) is 24.9. The fourth-order valence-corrected chi connectivity index (χ4v) is 11.6. The van der Waals surface area contributed by atoms with Gasteiger partial charge in [-0.2, -0.15) is 0 Å². The molecule has 8 rings (SSSR count). The van der Waals surface area contributed by atoms with E-state index in [1.165, 1.54) is 38.6 Å². The number of amides is 5. The number of pyridine rings is 1. The number of nitrogens with zero attached hydrogens (tertiary/aromatic N) is 8. The summed E-state index contributed by atoms with van der Waals surface area (Å²) in [7, 11) is 0. The lowest BCUT2D eigenvalue weighted by Crippen LogP contribution is -2.53. The third kappa shape index (κ3) is 13.5. The van der Waals surface area contributed by atoms with Crippen LogP contribution in [0.15, 0.2) is 65.8 Å². The second-order valence-corrected chi connectivity index (χ2v) is 20.3. The highest BCUT2D eigenvalue weighted by atomic mass is 32.2. The molecule has 1 aromatic carbocycles. The van der Waals surface area contributed by atoms with Crippen molar-refractivity contribution >= 4 is 53.2 Å². The third-order valence-corrected chi connectivity index (χ3v) is 15.8. The highest BCUT2D eigenvalue weighted by Crippen LogP contribution is 2.35. The van der Waals surface area contributed by atoms with E-state index in [0.717, 1.165) is 131 Å². The first kappa shape index (κ1) is 49.2. The molecule has 1 unspecified atom stereocenters. The van der Waals surface area contributed by atoms with E-state index in [4.69, 9.17) is 0 Å². The molecule has 0 spiro atoms. The maximum absolute atomic E-state index is 13.3. The summed E-state index contributed by atoms with van der Waals surface area (Å²) in [6.45, 7) is 10.2. The van der Waals surface area contributed by atoms with E-state index < -0.39 is 6.04 Å². The minimum atomic E-state index is -0.578. The number of imide groups is 1. The second-order valence-electron chi connectivity index (χ2n) is 19.2. The fourth-order valence-electron chi connectivity index (χ4n) is 10.5. The van der Waals surface area contributed by atoms with E-state index in [9.17, 15) is 24.0 Å². The number of hydrogen-bond acceptors (Lipinski definition) is 12. The Balaban J connectivity index is 0.631. The van der Waals surface area contributed by atoms with Crippen LogP contribution < -0.4 is 15.5 Å².